The Balaban J connectivity index is 1.63. The summed E-state index contributed by atoms with van der Waals surface area (Å²) in [4.78, 5) is 12.2. The molecule has 0 aliphatic carbocycles. The number of amides is 1. The van der Waals surface area contributed by atoms with Crippen molar-refractivity contribution >= 4 is 5.91 Å². The first-order valence-corrected chi connectivity index (χ1v) is 7.36. The Morgan fingerprint density at radius 2 is 2.32 bits per heavy atom. The number of hydrogen-bond acceptors (Lipinski definition) is 5. The summed E-state index contributed by atoms with van der Waals surface area (Å²) in [5.74, 6) is 1.73. The first-order valence-electron chi connectivity index (χ1n) is 7.36. The number of methoxy groups -OCH3 is 1. The van der Waals surface area contributed by atoms with Crippen molar-refractivity contribution < 1.29 is 9.53 Å². The van der Waals surface area contributed by atoms with Gasteiger partial charge < -0.3 is 14.6 Å². The fourth-order valence-corrected chi connectivity index (χ4v) is 2.74. The fraction of sp³-hybridized carbons (Fsp3) is 0.571. The van der Waals surface area contributed by atoms with Gasteiger partial charge in [0.05, 0.1) is 11.8 Å². The molecule has 0 fully saturated rings. The van der Waals surface area contributed by atoms with E-state index < -0.39 is 0 Å². The first-order chi connectivity index (χ1) is 10.7. The highest BCUT2D eigenvalue weighted by atomic mass is 16.5. The average Bonchev–Trinajstić information content (AvgIpc) is 3.04. The second-order valence-electron chi connectivity index (χ2n) is 5.52. The number of aromatic nitrogens is 5. The zero-order valence-electron chi connectivity index (χ0n) is 12.8. The Labute approximate surface area is 128 Å². The molecule has 3 rings (SSSR count). The second kappa shape index (κ2) is 6.27. The van der Waals surface area contributed by atoms with Crippen LogP contribution < -0.4 is 5.32 Å². The van der Waals surface area contributed by atoms with Crippen molar-refractivity contribution in [2.24, 2.45) is 7.05 Å². The largest absolute Gasteiger partial charge is 0.377 e. The lowest BCUT2D eigenvalue weighted by Crippen LogP contribution is -2.35. The number of hydrogen-bond donors (Lipinski definition) is 1. The Kier molecular flexibility index (Phi) is 4.19. The third kappa shape index (κ3) is 3.01. The molecule has 3 heterocycles. The second-order valence-corrected chi connectivity index (χ2v) is 5.52. The van der Waals surface area contributed by atoms with Gasteiger partial charge in [-0.1, -0.05) is 0 Å². The highest BCUT2D eigenvalue weighted by molar-refractivity contribution is 5.93. The van der Waals surface area contributed by atoms with Crippen LogP contribution in [0, 0.1) is 0 Å². The summed E-state index contributed by atoms with van der Waals surface area (Å²) < 4.78 is 8.86. The molecule has 1 aliphatic heterocycles. The van der Waals surface area contributed by atoms with Crippen LogP contribution in [0.5, 0.6) is 0 Å². The van der Waals surface area contributed by atoms with E-state index in [1.807, 2.05) is 0 Å². The predicted molar refractivity (Wildman–Crippen MR) is 78.1 cm³/mol. The molecule has 2 aromatic rings. The zero-order chi connectivity index (χ0) is 15.5. The summed E-state index contributed by atoms with van der Waals surface area (Å²) in [6.07, 6.45) is 5.81. The van der Waals surface area contributed by atoms with E-state index in [9.17, 15) is 4.79 Å². The number of aryl methyl sites for hydroxylation is 2. The summed E-state index contributed by atoms with van der Waals surface area (Å²) in [5, 5.41) is 15.5. The van der Waals surface area contributed by atoms with Crippen molar-refractivity contribution in [3.05, 3.63) is 29.6 Å². The number of ether oxygens (including phenoxy) is 1. The fourth-order valence-electron chi connectivity index (χ4n) is 2.74. The number of nitrogens with zero attached hydrogens (tertiary/aromatic N) is 5. The summed E-state index contributed by atoms with van der Waals surface area (Å²) in [6, 6.07) is 0.129. The Hall–Kier alpha value is -2.22. The molecule has 1 atom stereocenters. The molecular weight excluding hydrogens is 284 g/mol. The highest BCUT2D eigenvalue weighted by Gasteiger charge is 2.22. The summed E-state index contributed by atoms with van der Waals surface area (Å²) >= 11 is 0. The molecule has 8 heteroatoms. The molecule has 1 unspecified atom stereocenters. The number of rotatable bonds is 4. The van der Waals surface area contributed by atoms with Crippen LogP contribution >= 0.6 is 0 Å². The molecule has 1 aliphatic rings. The highest BCUT2D eigenvalue weighted by Crippen LogP contribution is 2.16. The smallest absolute Gasteiger partial charge is 0.254 e. The summed E-state index contributed by atoms with van der Waals surface area (Å²) in [6.45, 7) is 1.25. The van der Waals surface area contributed by atoms with E-state index in [0.717, 1.165) is 37.5 Å². The Morgan fingerprint density at radius 1 is 1.45 bits per heavy atom. The van der Waals surface area contributed by atoms with Crippen molar-refractivity contribution in [2.75, 3.05) is 7.11 Å². The molecule has 1 amide bonds. The van der Waals surface area contributed by atoms with Crippen LogP contribution in [0.3, 0.4) is 0 Å². The molecule has 22 heavy (non-hydrogen) atoms. The molecule has 118 valence electrons. The van der Waals surface area contributed by atoms with Crippen LogP contribution in [-0.4, -0.2) is 43.6 Å². The standard InChI is InChI=1S/C14H20N6O2/c1-19-8-10(7-15-19)14(21)16-11-3-4-12-17-18-13(9-22-2)20(12)6-5-11/h7-8,11H,3-6,9H2,1-2H3,(H,16,21). The van der Waals surface area contributed by atoms with Gasteiger partial charge in [0.15, 0.2) is 5.82 Å². The molecule has 0 bridgehead atoms. The quantitative estimate of drug-likeness (QED) is 0.877. The van der Waals surface area contributed by atoms with Gasteiger partial charge in [-0.2, -0.15) is 5.10 Å². The molecule has 0 aromatic carbocycles. The predicted octanol–water partition coefficient (Wildman–Crippen LogP) is 0.293. The molecule has 0 spiro atoms. The van der Waals surface area contributed by atoms with Crippen molar-refractivity contribution in [3.8, 4) is 0 Å². The molecule has 2 aromatic heterocycles. The lowest BCUT2D eigenvalue weighted by Gasteiger charge is -2.15. The van der Waals surface area contributed by atoms with Crippen LogP contribution in [0.4, 0.5) is 0 Å². The molecule has 0 saturated heterocycles. The van der Waals surface area contributed by atoms with Gasteiger partial charge >= 0.3 is 0 Å². The maximum atomic E-state index is 12.2. The number of fused-ring (bicyclic) bond motifs is 1. The maximum Gasteiger partial charge on any atom is 0.254 e. The Morgan fingerprint density at radius 3 is 3.05 bits per heavy atom. The van der Waals surface area contributed by atoms with Gasteiger partial charge in [-0.05, 0) is 12.8 Å². The normalized spacial score (nSPS) is 17.8. The average molecular weight is 304 g/mol. The van der Waals surface area contributed by atoms with E-state index >= 15 is 0 Å². The van der Waals surface area contributed by atoms with Gasteiger partial charge in [0.25, 0.3) is 5.91 Å². The van der Waals surface area contributed by atoms with Gasteiger partial charge in [0.2, 0.25) is 0 Å². The number of carbonyl (C=O) groups is 1. The van der Waals surface area contributed by atoms with Gasteiger partial charge in [-0.15, -0.1) is 10.2 Å². The number of carbonyl (C=O) groups excluding carboxylic acids is 1. The molecule has 0 radical (unpaired) electrons. The van der Waals surface area contributed by atoms with Crippen molar-refractivity contribution in [3.63, 3.8) is 0 Å². The summed E-state index contributed by atoms with van der Waals surface area (Å²) in [7, 11) is 3.45. The van der Waals surface area contributed by atoms with Gasteiger partial charge in [-0.25, -0.2) is 0 Å². The minimum atomic E-state index is -0.0760. The third-order valence-electron chi connectivity index (χ3n) is 3.90. The maximum absolute atomic E-state index is 12.2. The minimum absolute atomic E-state index is 0.0760. The van der Waals surface area contributed by atoms with Crippen molar-refractivity contribution in [1.29, 1.82) is 0 Å². The van der Waals surface area contributed by atoms with Crippen LogP contribution in [0.15, 0.2) is 12.4 Å². The summed E-state index contributed by atoms with van der Waals surface area (Å²) in [5.41, 5.74) is 0.589. The van der Waals surface area contributed by atoms with Gasteiger partial charge in [-0.3, -0.25) is 9.48 Å². The first kappa shape index (κ1) is 14.7. The van der Waals surface area contributed by atoms with Gasteiger partial charge in [0, 0.05) is 39.4 Å². The van der Waals surface area contributed by atoms with Crippen LogP contribution in [-0.2, 0) is 31.4 Å². The van der Waals surface area contributed by atoms with E-state index in [0.29, 0.717) is 12.2 Å². The minimum Gasteiger partial charge on any atom is -0.377 e. The number of nitrogens with one attached hydrogen (secondary N) is 1. The van der Waals surface area contributed by atoms with E-state index in [1.165, 1.54) is 0 Å². The van der Waals surface area contributed by atoms with Crippen LogP contribution in [0.25, 0.3) is 0 Å². The van der Waals surface area contributed by atoms with Crippen molar-refractivity contribution in [1.82, 2.24) is 29.9 Å². The SMILES string of the molecule is COCc1nnc2n1CCC(NC(=O)c1cnn(C)c1)CC2. The lowest BCUT2D eigenvalue weighted by atomic mass is 10.1. The van der Waals surface area contributed by atoms with E-state index in [4.69, 9.17) is 4.74 Å². The monoisotopic (exact) mass is 304 g/mol. The third-order valence-corrected chi connectivity index (χ3v) is 3.90. The molecular formula is C14H20N6O2. The zero-order valence-corrected chi connectivity index (χ0v) is 12.8. The van der Waals surface area contributed by atoms with Crippen molar-refractivity contribution in [2.45, 2.75) is 38.5 Å². The Bertz CT molecular complexity index is 662. The lowest BCUT2D eigenvalue weighted by molar-refractivity contribution is 0.0932. The molecule has 0 saturated carbocycles. The van der Waals surface area contributed by atoms with Crippen LogP contribution in [0.2, 0.25) is 0 Å². The molecule has 1 N–H and O–H groups in total. The van der Waals surface area contributed by atoms with Crippen LogP contribution in [0.1, 0.15) is 34.8 Å². The molecule has 8 nitrogen and oxygen atoms in total. The van der Waals surface area contributed by atoms with E-state index in [-0.39, 0.29) is 11.9 Å². The van der Waals surface area contributed by atoms with E-state index in [2.05, 4.69) is 25.2 Å². The van der Waals surface area contributed by atoms with Gasteiger partial charge in [0.1, 0.15) is 12.4 Å². The topological polar surface area (TPSA) is 86.9 Å². The van der Waals surface area contributed by atoms with E-state index in [1.54, 1.807) is 31.2 Å².